The number of hydrogen-bond donors (Lipinski definition) is 2. The molecule has 2 unspecified atom stereocenters. The molecule has 4 heteroatoms. The highest BCUT2D eigenvalue weighted by atomic mass is 15.2. The fourth-order valence-corrected chi connectivity index (χ4v) is 10.6. The van der Waals surface area contributed by atoms with Gasteiger partial charge in [-0.1, -0.05) is 212 Å². The molecule has 1 spiro atoms. The number of fused-ring (bicyclic) bond motifs is 9. The maximum Gasteiger partial charge on any atom is 0.127 e. The number of nitrogens with zero attached hydrogens (tertiary/aromatic N) is 2. The molecule has 1 aliphatic heterocycles. The first-order chi connectivity index (χ1) is 33.6. The lowest BCUT2D eigenvalue weighted by Gasteiger charge is -2.45. The van der Waals surface area contributed by atoms with Gasteiger partial charge in [0, 0.05) is 11.9 Å². The lowest BCUT2D eigenvalue weighted by Crippen LogP contribution is -2.36. The van der Waals surface area contributed by atoms with Crippen LogP contribution in [0.1, 0.15) is 51.3 Å². The van der Waals surface area contributed by atoms with Crippen molar-refractivity contribution in [1.82, 2.24) is 5.32 Å². The van der Waals surface area contributed by atoms with Crippen LogP contribution in [0.5, 0.6) is 0 Å². The molecule has 4 nitrogen and oxygen atoms in total. The van der Waals surface area contributed by atoms with Crippen LogP contribution in [0.15, 0.2) is 260 Å². The Bertz CT molecular complexity index is 3410. The highest BCUT2D eigenvalue weighted by molar-refractivity contribution is 5.96. The SMILES string of the molecule is NC(NC(N=Cc1cccc(-c2cccc(-c3ccc4c(c3)C3(c5ccccc5-4)c4ccccc4N(c4ccccc4)c4ccccc43)c2)c1)c1ccc(-c2ccccc2)cc1)c1ccccc1. The van der Waals surface area contributed by atoms with E-state index in [9.17, 15) is 0 Å². The predicted octanol–water partition coefficient (Wildman–Crippen LogP) is 15.2. The third-order valence-electron chi connectivity index (χ3n) is 13.8. The van der Waals surface area contributed by atoms with Crippen molar-refractivity contribution in [3.63, 3.8) is 0 Å². The normalized spacial score (nSPS) is 13.9. The summed E-state index contributed by atoms with van der Waals surface area (Å²) in [5.74, 6) is 0. The summed E-state index contributed by atoms with van der Waals surface area (Å²) in [5.41, 5.74) is 27.5. The van der Waals surface area contributed by atoms with Gasteiger partial charge in [0.05, 0.1) is 23.0 Å². The summed E-state index contributed by atoms with van der Waals surface area (Å²) in [6.45, 7) is 0. The molecule has 1 aliphatic carbocycles. The van der Waals surface area contributed by atoms with Crippen molar-refractivity contribution in [3.8, 4) is 44.5 Å². The van der Waals surface area contributed by atoms with Gasteiger partial charge in [-0.3, -0.25) is 10.3 Å². The number of anilines is 3. The molecule has 0 bridgehead atoms. The summed E-state index contributed by atoms with van der Waals surface area (Å²) in [6.07, 6.45) is 1.18. The Kier molecular flexibility index (Phi) is 10.5. The van der Waals surface area contributed by atoms with Crippen molar-refractivity contribution in [2.45, 2.75) is 17.7 Å². The fraction of sp³-hybridized carbons (Fsp3) is 0.0469. The predicted molar refractivity (Wildman–Crippen MR) is 282 cm³/mol. The molecule has 2 atom stereocenters. The van der Waals surface area contributed by atoms with E-state index in [1.54, 1.807) is 0 Å². The molecule has 3 N–H and O–H groups in total. The summed E-state index contributed by atoms with van der Waals surface area (Å²) in [4.78, 5) is 7.59. The molecule has 0 amide bonds. The third-order valence-corrected chi connectivity index (χ3v) is 13.8. The first kappa shape index (κ1) is 41.1. The van der Waals surface area contributed by atoms with Crippen molar-refractivity contribution in [2.75, 3.05) is 4.90 Å². The summed E-state index contributed by atoms with van der Waals surface area (Å²) < 4.78 is 0. The lowest BCUT2D eigenvalue weighted by molar-refractivity contribution is 0.467. The smallest absolute Gasteiger partial charge is 0.127 e. The van der Waals surface area contributed by atoms with Gasteiger partial charge < -0.3 is 10.6 Å². The molecule has 0 radical (unpaired) electrons. The molecule has 0 saturated carbocycles. The summed E-state index contributed by atoms with van der Waals surface area (Å²) in [6, 6.07) is 91.6. The van der Waals surface area contributed by atoms with Gasteiger partial charge in [0.15, 0.2) is 0 Å². The minimum Gasteiger partial charge on any atom is -0.312 e. The van der Waals surface area contributed by atoms with Gasteiger partial charge in [-0.05, 0) is 126 Å². The molecule has 68 heavy (non-hydrogen) atoms. The molecule has 2 aliphatic rings. The van der Waals surface area contributed by atoms with Crippen LogP contribution >= 0.6 is 0 Å². The Hall–Kier alpha value is -8.41. The van der Waals surface area contributed by atoms with E-state index in [1.807, 2.05) is 42.6 Å². The van der Waals surface area contributed by atoms with Gasteiger partial charge in [-0.2, -0.15) is 0 Å². The highest BCUT2D eigenvalue weighted by Gasteiger charge is 2.51. The fourth-order valence-electron chi connectivity index (χ4n) is 10.6. The van der Waals surface area contributed by atoms with Crippen molar-refractivity contribution < 1.29 is 0 Å². The van der Waals surface area contributed by atoms with E-state index < -0.39 is 11.6 Å². The zero-order valence-corrected chi connectivity index (χ0v) is 37.5. The second kappa shape index (κ2) is 17.4. The Labute approximate surface area is 398 Å². The van der Waals surface area contributed by atoms with E-state index in [-0.39, 0.29) is 6.17 Å². The summed E-state index contributed by atoms with van der Waals surface area (Å²) >= 11 is 0. The minimum absolute atomic E-state index is 0.374. The number of nitrogens with two attached hydrogens (primary N) is 1. The Morgan fingerprint density at radius 2 is 0.897 bits per heavy atom. The first-order valence-corrected chi connectivity index (χ1v) is 23.4. The van der Waals surface area contributed by atoms with Crippen LogP contribution in [0.2, 0.25) is 0 Å². The Morgan fingerprint density at radius 3 is 1.59 bits per heavy atom. The second-order valence-corrected chi connectivity index (χ2v) is 17.7. The number of benzene rings is 10. The van der Waals surface area contributed by atoms with E-state index in [1.165, 1.54) is 55.9 Å². The van der Waals surface area contributed by atoms with E-state index >= 15 is 0 Å². The molecule has 0 saturated heterocycles. The van der Waals surface area contributed by atoms with Gasteiger partial charge >= 0.3 is 0 Å². The molecule has 10 aromatic rings. The van der Waals surface area contributed by atoms with Crippen LogP contribution < -0.4 is 16.0 Å². The van der Waals surface area contributed by atoms with Crippen molar-refractivity contribution in [3.05, 3.63) is 294 Å². The number of para-hydroxylation sites is 3. The monoisotopic (exact) mass is 872 g/mol. The molecule has 324 valence electrons. The van der Waals surface area contributed by atoms with Crippen LogP contribution in [0, 0.1) is 0 Å². The third kappa shape index (κ3) is 7.15. The van der Waals surface area contributed by atoms with Gasteiger partial charge in [-0.25, -0.2) is 0 Å². The van der Waals surface area contributed by atoms with E-state index in [0.717, 1.165) is 44.6 Å². The number of rotatable bonds is 10. The Morgan fingerprint density at radius 1 is 0.397 bits per heavy atom. The Balaban J connectivity index is 0.904. The van der Waals surface area contributed by atoms with E-state index in [4.69, 9.17) is 10.7 Å². The molecule has 0 fully saturated rings. The molecule has 12 rings (SSSR count). The van der Waals surface area contributed by atoms with Gasteiger partial charge in [0.25, 0.3) is 0 Å². The van der Waals surface area contributed by atoms with Crippen LogP contribution in [0.25, 0.3) is 44.5 Å². The van der Waals surface area contributed by atoms with E-state index in [2.05, 4.69) is 229 Å². The average molecular weight is 873 g/mol. The maximum atomic E-state index is 6.76. The van der Waals surface area contributed by atoms with Crippen LogP contribution in [-0.2, 0) is 5.41 Å². The zero-order valence-electron chi connectivity index (χ0n) is 37.5. The van der Waals surface area contributed by atoms with Gasteiger partial charge in [-0.15, -0.1) is 0 Å². The van der Waals surface area contributed by atoms with Gasteiger partial charge in [0.2, 0.25) is 0 Å². The standard InChI is InChI=1S/C64H48N4/c65-62(47-21-6-2-7-22-47)67-63(48-36-34-46(35-37-48)45-19-4-1-5-20-45)66-43-44-18-16-23-49(40-44)50-24-17-25-51(41-50)52-38-39-55-54-28-10-11-29-56(54)64(59(55)42-52)57-30-12-14-32-60(57)68(53-26-8-3-9-27-53)61-33-15-13-31-58(61)64/h1-43,62-63,67H,65H2. The topological polar surface area (TPSA) is 53.6 Å². The summed E-state index contributed by atoms with van der Waals surface area (Å²) in [5, 5.41) is 3.59. The molecular weight excluding hydrogens is 825 g/mol. The number of nitrogens with one attached hydrogen (secondary N) is 1. The molecule has 1 heterocycles. The minimum atomic E-state index is -0.520. The first-order valence-electron chi connectivity index (χ1n) is 23.4. The zero-order chi connectivity index (χ0) is 45.4. The van der Waals surface area contributed by atoms with Crippen molar-refractivity contribution in [1.29, 1.82) is 0 Å². The lowest BCUT2D eigenvalue weighted by atomic mass is 9.64. The van der Waals surface area contributed by atoms with Crippen LogP contribution in [0.4, 0.5) is 17.1 Å². The molecule has 0 aromatic heterocycles. The maximum absolute atomic E-state index is 6.76. The number of hydrogen-bond acceptors (Lipinski definition) is 4. The van der Waals surface area contributed by atoms with Crippen molar-refractivity contribution in [2.24, 2.45) is 10.7 Å². The summed E-state index contributed by atoms with van der Waals surface area (Å²) in [7, 11) is 0. The van der Waals surface area contributed by atoms with Crippen molar-refractivity contribution >= 4 is 23.3 Å². The molecular formula is C64H48N4. The highest BCUT2D eigenvalue weighted by Crippen LogP contribution is 2.63. The van der Waals surface area contributed by atoms with E-state index in [0.29, 0.717) is 0 Å². The molecule has 10 aromatic carbocycles. The largest absolute Gasteiger partial charge is 0.312 e. The average Bonchev–Trinajstić information content (AvgIpc) is 3.70. The van der Waals surface area contributed by atoms with Crippen LogP contribution in [0.3, 0.4) is 0 Å². The van der Waals surface area contributed by atoms with Gasteiger partial charge in [0.1, 0.15) is 6.17 Å². The second-order valence-electron chi connectivity index (χ2n) is 17.7. The quantitative estimate of drug-likeness (QED) is 0.106. The number of aliphatic imine (C=N–C) groups is 1. The van der Waals surface area contributed by atoms with Crippen LogP contribution in [-0.4, -0.2) is 6.21 Å².